The summed E-state index contributed by atoms with van der Waals surface area (Å²) in [6.07, 6.45) is 0. The minimum absolute atomic E-state index is 1.09. The van der Waals surface area contributed by atoms with Crippen molar-refractivity contribution in [2.45, 2.75) is 0 Å². The molecular weight excluding hydrogens is 821 g/mol. The molecule has 1 aromatic heterocycles. The summed E-state index contributed by atoms with van der Waals surface area (Å²) in [6.45, 7) is 0. The number of benzene rings is 11. The average Bonchev–Trinajstić information content (AvgIpc) is 3.77. The monoisotopic (exact) mass is 866 g/mol. The highest BCUT2D eigenvalue weighted by Gasteiger charge is 2.15. The fourth-order valence-electron chi connectivity index (χ4n) is 9.69. The van der Waals surface area contributed by atoms with E-state index in [-0.39, 0.29) is 0 Å². The van der Waals surface area contributed by atoms with Gasteiger partial charge in [-0.3, -0.25) is 0 Å². The summed E-state index contributed by atoms with van der Waals surface area (Å²) < 4.78 is 2.37. The summed E-state index contributed by atoms with van der Waals surface area (Å²) in [5.74, 6) is 0. The molecule has 0 aliphatic rings. The van der Waals surface area contributed by atoms with Gasteiger partial charge in [-0.25, -0.2) is 0 Å². The quantitative estimate of drug-likeness (QED) is 0.133. The lowest BCUT2D eigenvalue weighted by Gasteiger charge is -2.26. The maximum Gasteiger partial charge on any atom is 0.0541 e. The first-order valence-corrected chi connectivity index (χ1v) is 23.3. The molecule has 68 heavy (non-hydrogen) atoms. The zero-order valence-electron chi connectivity index (χ0n) is 37.5. The van der Waals surface area contributed by atoms with Gasteiger partial charge < -0.3 is 9.47 Å². The minimum Gasteiger partial charge on any atom is -0.311 e. The number of hydrogen-bond acceptors (Lipinski definition) is 1. The van der Waals surface area contributed by atoms with Crippen LogP contribution in [0.1, 0.15) is 0 Å². The smallest absolute Gasteiger partial charge is 0.0541 e. The van der Waals surface area contributed by atoms with Crippen molar-refractivity contribution < 1.29 is 0 Å². The summed E-state index contributed by atoms with van der Waals surface area (Å²) in [5.41, 5.74) is 21.2. The lowest BCUT2D eigenvalue weighted by atomic mass is 9.99. The largest absolute Gasteiger partial charge is 0.311 e. The van der Waals surface area contributed by atoms with Crippen molar-refractivity contribution in [2.75, 3.05) is 4.90 Å². The van der Waals surface area contributed by atoms with Crippen LogP contribution in [-0.2, 0) is 0 Å². The molecule has 2 heteroatoms. The molecule has 0 spiro atoms. The molecule has 1 heterocycles. The van der Waals surface area contributed by atoms with Crippen LogP contribution in [0.25, 0.3) is 94.3 Å². The fraction of sp³-hybridized carbons (Fsp3) is 0. The molecule has 0 amide bonds. The number of aromatic nitrogens is 1. The second kappa shape index (κ2) is 17.8. The van der Waals surface area contributed by atoms with Gasteiger partial charge in [0.15, 0.2) is 0 Å². The number of fused-ring (bicyclic) bond motifs is 3. The Labute approximate surface area is 397 Å². The zero-order valence-corrected chi connectivity index (χ0v) is 37.5. The first kappa shape index (κ1) is 40.5. The van der Waals surface area contributed by atoms with E-state index in [1.807, 2.05) is 0 Å². The normalized spacial score (nSPS) is 11.2. The Morgan fingerprint density at radius 3 is 0.706 bits per heavy atom. The maximum atomic E-state index is 2.37. The molecule has 0 bridgehead atoms. The second-order valence-electron chi connectivity index (χ2n) is 17.4. The third kappa shape index (κ3) is 7.85. The predicted octanol–water partition coefficient (Wildman–Crippen LogP) is 18.3. The van der Waals surface area contributed by atoms with Gasteiger partial charge in [-0.2, -0.15) is 0 Å². The minimum atomic E-state index is 1.09. The lowest BCUT2D eigenvalue weighted by Crippen LogP contribution is -2.09. The van der Waals surface area contributed by atoms with E-state index in [2.05, 4.69) is 289 Å². The van der Waals surface area contributed by atoms with Crippen LogP contribution in [0.5, 0.6) is 0 Å². The highest BCUT2D eigenvalue weighted by atomic mass is 15.1. The number of para-hydroxylation sites is 2. The Kier molecular flexibility index (Phi) is 10.6. The number of hydrogen-bond donors (Lipinski definition) is 0. The van der Waals surface area contributed by atoms with Crippen LogP contribution in [0.15, 0.2) is 279 Å². The molecule has 0 saturated heterocycles. The van der Waals surface area contributed by atoms with Crippen LogP contribution in [-0.4, -0.2) is 4.57 Å². The molecule has 0 aliphatic carbocycles. The van der Waals surface area contributed by atoms with Gasteiger partial charge in [-0.15, -0.1) is 0 Å². The van der Waals surface area contributed by atoms with Crippen molar-refractivity contribution in [2.24, 2.45) is 0 Å². The van der Waals surface area contributed by atoms with E-state index in [0.717, 1.165) is 22.7 Å². The third-order valence-corrected chi connectivity index (χ3v) is 13.3. The maximum absolute atomic E-state index is 2.37. The predicted molar refractivity (Wildman–Crippen MR) is 288 cm³/mol. The van der Waals surface area contributed by atoms with E-state index >= 15 is 0 Å². The molecule has 0 fully saturated rings. The molecule has 0 unspecified atom stereocenters. The van der Waals surface area contributed by atoms with Gasteiger partial charge in [-0.1, -0.05) is 218 Å². The molecule has 2 nitrogen and oxygen atoms in total. The summed E-state index contributed by atoms with van der Waals surface area (Å²) in [4.78, 5) is 2.35. The molecule has 0 radical (unpaired) electrons. The van der Waals surface area contributed by atoms with Crippen molar-refractivity contribution in [3.05, 3.63) is 279 Å². The Balaban J connectivity index is 0.818. The van der Waals surface area contributed by atoms with E-state index in [0.29, 0.717) is 0 Å². The van der Waals surface area contributed by atoms with E-state index in [9.17, 15) is 0 Å². The standard InChI is InChI=1S/C66H46N2/c1-3-11-47(12-4-1)49-19-23-51(24-20-49)55-31-39-59(40-32-55)67(60-41-33-56(34-42-60)52-25-21-50(22-26-52)48-13-5-2-6-14-48)61-43-35-57(36-44-61)53-27-29-54(30-28-53)58-37-45-62(46-38-58)68-65-17-9-7-15-63(65)64-16-8-10-18-66(64)68/h1-46H. The van der Waals surface area contributed by atoms with Crippen molar-refractivity contribution in [3.8, 4) is 72.4 Å². The van der Waals surface area contributed by atoms with Crippen LogP contribution in [0.2, 0.25) is 0 Å². The van der Waals surface area contributed by atoms with Gasteiger partial charge in [0.1, 0.15) is 0 Å². The molecule has 12 rings (SSSR count). The van der Waals surface area contributed by atoms with Crippen molar-refractivity contribution in [1.82, 2.24) is 4.57 Å². The Morgan fingerprint density at radius 1 is 0.191 bits per heavy atom. The van der Waals surface area contributed by atoms with Gasteiger partial charge in [0.2, 0.25) is 0 Å². The van der Waals surface area contributed by atoms with Crippen LogP contribution < -0.4 is 4.90 Å². The number of rotatable bonds is 10. The van der Waals surface area contributed by atoms with Crippen LogP contribution in [0, 0.1) is 0 Å². The summed E-state index contributed by atoms with van der Waals surface area (Å²) >= 11 is 0. The topological polar surface area (TPSA) is 8.17 Å². The van der Waals surface area contributed by atoms with Crippen LogP contribution in [0.4, 0.5) is 17.1 Å². The summed E-state index contributed by atoms with van der Waals surface area (Å²) in [6, 6.07) is 101. The number of anilines is 3. The van der Waals surface area contributed by atoms with Gasteiger partial charge in [-0.05, 0) is 127 Å². The molecule has 0 N–H and O–H groups in total. The highest BCUT2D eigenvalue weighted by Crippen LogP contribution is 2.39. The molecule has 320 valence electrons. The third-order valence-electron chi connectivity index (χ3n) is 13.3. The van der Waals surface area contributed by atoms with Crippen molar-refractivity contribution >= 4 is 38.9 Å². The second-order valence-corrected chi connectivity index (χ2v) is 17.4. The van der Waals surface area contributed by atoms with Gasteiger partial charge in [0, 0.05) is 33.5 Å². The van der Waals surface area contributed by atoms with E-state index in [4.69, 9.17) is 0 Å². The van der Waals surface area contributed by atoms with Gasteiger partial charge >= 0.3 is 0 Å². The fourth-order valence-corrected chi connectivity index (χ4v) is 9.69. The molecule has 11 aromatic carbocycles. The molecular formula is C66H46N2. The Bertz CT molecular complexity index is 3450. The number of nitrogens with zero attached hydrogens (tertiary/aromatic N) is 2. The lowest BCUT2D eigenvalue weighted by molar-refractivity contribution is 1.18. The molecule has 0 saturated carbocycles. The summed E-state index contributed by atoms with van der Waals surface area (Å²) in [7, 11) is 0. The average molecular weight is 867 g/mol. The van der Waals surface area contributed by atoms with Crippen LogP contribution in [0.3, 0.4) is 0 Å². The van der Waals surface area contributed by atoms with E-state index in [1.54, 1.807) is 0 Å². The zero-order chi connectivity index (χ0) is 45.2. The molecule has 0 aliphatic heterocycles. The van der Waals surface area contributed by atoms with Gasteiger partial charge in [0.05, 0.1) is 11.0 Å². The van der Waals surface area contributed by atoms with Crippen molar-refractivity contribution in [1.29, 1.82) is 0 Å². The van der Waals surface area contributed by atoms with E-state index in [1.165, 1.54) is 88.6 Å². The molecule has 12 aromatic rings. The Morgan fingerprint density at radius 2 is 0.412 bits per heavy atom. The van der Waals surface area contributed by atoms with Crippen molar-refractivity contribution in [3.63, 3.8) is 0 Å². The first-order valence-electron chi connectivity index (χ1n) is 23.3. The first-order chi connectivity index (χ1) is 33.7. The SMILES string of the molecule is c1ccc(-c2ccc(-c3ccc(N(c4ccc(-c5ccc(-c6ccccc6)cc5)cc4)c4ccc(-c5ccc(-c6ccc(-n7c8ccccc8c8ccccc87)cc6)cc5)cc4)cc3)cc2)cc1. The summed E-state index contributed by atoms with van der Waals surface area (Å²) in [5, 5.41) is 2.55. The molecule has 0 atom stereocenters. The highest BCUT2D eigenvalue weighted by molar-refractivity contribution is 6.09. The van der Waals surface area contributed by atoms with E-state index < -0.39 is 0 Å². The van der Waals surface area contributed by atoms with Crippen LogP contribution >= 0.6 is 0 Å². The Hall–Kier alpha value is -8.98. The van der Waals surface area contributed by atoms with Gasteiger partial charge in [0.25, 0.3) is 0 Å².